The van der Waals surface area contributed by atoms with Crippen LogP contribution < -0.4 is 4.74 Å². The van der Waals surface area contributed by atoms with E-state index >= 15 is 0 Å². The third-order valence-corrected chi connectivity index (χ3v) is 2.81. The van der Waals surface area contributed by atoms with Gasteiger partial charge in [-0.3, -0.25) is 4.79 Å². The molecule has 0 radical (unpaired) electrons. The fourth-order valence-corrected chi connectivity index (χ4v) is 1.92. The monoisotopic (exact) mass is 210 g/mol. The van der Waals surface area contributed by atoms with Crippen LogP contribution in [0.2, 0.25) is 0 Å². The van der Waals surface area contributed by atoms with Crippen molar-refractivity contribution in [1.29, 1.82) is 0 Å². The van der Waals surface area contributed by atoms with Gasteiger partial charge in [0.15, 0.2) is 5.78 Å². The Bertz CT molecular complexity index is 334. The molecule has 1 aromatic carbocycles. The molecule has 1 rings (SSSR count). The number of hydrogen-bond donors (Lipinski definition) is 0. The molecule has 0 bridgehead atoms. The Morgan fingerprint density at radius 2 is 2.21 bits per heavy atom. The van der Waals surface area contributed by atoms with E-state index in [9.17, 15) is 4.79 Å². The molecule has 0 aliphatic carbocycles. The van der Waals surface area contributed by atoms with E-state index < -0.39 is 0 Å². The van der Waals surface area contributed by atoms with Gasteiger partial charge in [0.25, 0.3) is 0 Å². The summed E-state index contributed by atoms with van der Waals surface area (Å²) in [6, 6.07) is 5.56. The zero-order chi connectivity index (χ0) is 10.6. The molecular weight excluding hydrogens is 196 g/mol. The van der Waals surface area contributed by atoms with Crippen molar-refractivity contribution in [1.82, 2.24) is 0 Å². The van der Waals surface area contributed by atoms with Crippen molar-refractivity contribution in [3.8, 4) is 5.75 Å². The Morgan fingerprint density at radius 1 is 1.50 bits per heavy atom. The van der Waals surface area contributed by atoms with Crippen molar-refractivity contribution in [2.45, 2.75) is 18.7 Å². The molecule has 0 spiro atoms. The Morgan fingerprint density at radius 3 is 2.71 bits per heavy atom. The van der Waals surface area contributed by atoms with E-state index in [0.717, 1.165) is 16.4 Å². The summed E-state index contributed by atoms with van der Waals surface area (Å²) in [6.45, 7) is 3.64. The first-order valence-electron chi connectivity index (χ1n) is 4.50. The van der Waals surface area contributed by atoms with E-state index in [0.29, 0.717) is 5.56 Å². The molecule has 1 aromatic rings. The van der Waals surface area contributed by atoms with E-state index in [1.54, 1.807) is 31.9 Å². The summed E-state index contributed by atoms with van der Waals surface area (Å²) in [4.78, 5) is 12.2. The Kier molecular flexibility index (Phi) is 4.01. The van der Waals surface area contributed by atoms with E-state index in [2.05, 4.69) is 6.92 Å². The normalized spacial score (nSPS) is 9.93. The van der Waals surface area contributed by atoms with Crippen molar-refractivity contribution in [3.63, 3.8) is 0 Å². The zero-order valence-corrected chi connectivity index (χ0v) is 9.48. The lowest BCUT2D eigenvalue weighted by Crippen LogP contribution is -1.94. The first-order valence-corrected chi connectivity index (χ1v) is 5.49. The second kappa shape index (κ2) is 5.05. The van der Waals surface area contributed by atoms with Gasteiger partial charge in [0.2, 0.25) is 0 Å². The smallest absolute Gasteiger partial charge is 0.159 e. The summed E-state index contributed by atoms with van der Waals surface area (Å²) < 4.78 is 5.22. The largest absolute Gasteiger partial charge is 0.496 e. The quantitative estimate of drug-likeness (QED) is 0.564. The van der Waals surface area contributed by atoms with E-state index in [4.69, 9.17) is 4.74 Å². The van der Waals surface area contributed by atoms with Gasteiger partial charge in [-0.15, -0.1) is 11.8 Å². The number of benzene rings is 1. The number of carbonyl (C=O) groups excluding carboxylic acids is 1. The third kappa shape index (κ3) is 2.51. The molecule has 14 heavy (non-hydrogen) atoms. The lowest BCUT2D eigenvalue weighted by atomic mass is 10.1. The van der Waals surface area contributed by atoms with Gasteiger partial charge in [-0.05, 0) is 24.8 Å². The van der Waals surface area contributed by atoms with Crippen LogP contribution >= 0.6 is 11.8 Å². The highest BCUT2D eigenvalue weighted by Crippen LogP contribution is 2.29. The lowest BCUT2D eigenvalue weighted by Gasteiger charge is -2.07. The maximum absolute atomic E-state index is 11.1. The second-order valence-corrected chi connectivity index (χ2v) is 4.16. The molecule has 0 unspecified atom stereocenters. The van der Waals surface area contributed by atoms with Gasteiger partial charge in [-0.2, -0.15) is 0 Å². The maximum atomic E-state index is 11.1. The fraction of sp³-hybridized carbons (Fsp3) is 0.364. The van der Waals surface area contributed by atoms with E-state index in [1.807, 2.05) is 12.1 Å². The SMILES string of the molecule is CCSc1ccc(C(C)=O)cc1OC. The van der Waals surface area contributed by atoms with E-state index in [-0.39, 0.29) is 5.78 Å². The molecule has 0 atom stereocenters. The van der Waals surface area contributed by atoms with Crippen LogP contribution in [0.15, 0.2) is 23.1 Å². The highest BCUT2D eigenvalue weighted by Gasteiger charge is 2.06. The van der Waals surface area contributed by atoms with Crippen LogP contribution in [0.25, 0.3) is 0 Å². The molecule has 0 fully saturated rings. The maximum Gasteiger partial charge on any atom is 0.159 e. The number of methoxy groups -OCH3 is 1. The molecule has 0 N–H and O–H groups in total. The zero-order valence-electron chi connectivity index (χ0n) is 8.66. The van der Waals surface area contributed by atoms with Gasteiger partial charge < -0.3 is 4.74 Å². The molecule has 0 saturated carbocycles. The van der Waals surface area contributed by atoms with Gasteiger partial charge in [-0.25, -0.2) is 0 Å². The van der Waals surface area contributed by atoms with Crippen molar-refractivity contribution in [2.75, 3.05) is 12.9 Å². The average Bonchev–Trinajstić information content (AvgIpc) is 2.18. The van der Waals surface area contributed by atoms with Gasteiger partial charge in [0, 0.05) is 10.5 Å². The molecule has 0 saturated heterocycles. The van der Waals surface area contributed by atoms with Crippen LogP contribution in [0.4, 0.5) is 0 Å². The Balaban J connectivity index is 3.04. The minimum Gasteiger partial charge on any atom is -0.496 e. The molecule has 0 aliphatic heterocycles. The molecule has 3 heteroatoms. The summed E-state index contributed by atoms with van der Waals surface area (Å²) in [6.07, 6.45) is 0. The lowest BCUT2D eigenvalue weighted by molar-refractivity contribution is 0.101. The molecular formula is C11H14O2S. The number of Topliss-reactive ketones (excluding diaryl/α,β-unsaturated/α-hetero) is 1. The van der Waals surface area contributed by atoms with Gasteiger partial charge >= 0.3 is 0 Å². The summed E-state index contributed by atoms with van der Waals surface area (Å²) in [5.74, 6) is 1.84. The number of carbonyl (C=O) groups is 1. The number of ketones is 1. The molecule has 0 amide bonds. The number of rotatable bonds is 4. The third-order valence-electron chi connectivity index (χ3n) is 1.87. The first kappa shape index (κ1) is 11.1. The van der Waals surface area contributed by atoms with Crippen LogP contribution in [0.1, 0.15) is 24.2 Å². The number of thioether (sulfide) groups is 1. The summed E-state index contributed by atoms with van der Waals surface area (Å²) in [5.41, 5.74) is 0.697. The van der Waals surface area contributed by atoms with Crippen LogP contribution in [0, 0.1) is 0 Å². The predicted octanol–water partition coefficient (Wildman–Crippen LogP) is 3.01. The topological polar surface area (TPSA) is 26.3 Å². The Labute approximate surface area is 88.7 Å². The van der Waals surface area contributed by atoms with Crippen molar-refractivity contribution < 1.29 is 9.53 Å². The van der Waals surface area contributed by atoms with Gasteiger partial charge in [-0.1, -0.05) is 13.0 Å². The van der Waals surface area contributed by atoms with Crippen LogP contribution in [0.3, 0.4) is 0 Å². The standard InChI is InChI=1S/C11H14O2S/c1-4-14-11-6-5-9(8(2)12)7-10(11)13-3/h5-7H,4H2,1-3H3. The Hall–Kier alpha value is -0.960. The highest BCUT2D eigenvalue weighted by atomic mass is 32.2. The number of hydrogen-bond acceptors (Lipinski definition) is 3. The van der Waals surface area contributed by atoms with Crippen molar-refractivity contribution in [2.24, 2.45) is 0 Å². The second-order valence-electron chi connectivity index (χ2n) is 2.85. The van der Waals surface area contributed by atoms with Crippen LogP contribution in [0.5, 0.6) is 5.75 Å². The minimum absolute atomic E-state index is 0.0661. The molecule has 2 nitrogen and oxygen atoms in total. The summed E-state index contributed by atoms with van der Waals surface area (Å²) in [7, 11) is 1.62. The molecule has 0 heterocycles. The highest BCUT2D eigenvalue weighted by molar-refractivity contribution is 7.99. The van der Waals surface area contributed by atoms with Crippen LogP contribution in [-0.2, 0) is 0 Å². The fourth-order valence-electron chi connectivity index (χ4n) is 1.16. The minimum atomic E-state index is 0.0661. The first-order chi connectivity index (χ1) is 6.69. The summed E-state index contributed by atoms with van der Waals surface area (Å²) >= 11 is 1.71. The molecule has 0 aromatic heterocycles. The van der Waals surface area contributed by atoms with Gasteiger partial charge in [0.1, 0.15) is 5.75 Å². The number of ether oxygens (including phenoxy) is 1. The van der Waals surface area contributed by atoms with Crippen LogP contribution in [-0.4, -0.2) is 18.6 Å². The van der Waals surface area contributed by atoms with E-state index in [1.165, 1.54) is 0 Å². The van der Waals surface area contributed by atoms with Gasteiger partial charge in [0.05, 0.1) is 7.11 Å². The summed E-state index contributed by atoms with van der Waals surface area (Å²) in [5, 5.41) is 0. The predicted molar refractivity (Wildman–Crippen MR) is 59.4 cm³/mol. The average molecular weight is 210 g/mol. The molecule has 76 valence electrons. The van der Waals surface area contributed by atoms with Crippen molar-refractivity contribution in [3.05, 3.63) is 23.8 Å². The molecule has 0 aliphatic rings. The van der Waals surface area contributed by atoms with Crippen molar-refractivity contribution >= 4 is 17.5 Å².